The van der Waals surface area contributed by atoms with Gasteiger partial charge in [0.15, 0.2) is 0 Å². The zero-order chi connectivity index (χ0) is 34.3. The van der Waals surface area contributed by atoms with Gasteiger partial charge in [0.25, 0.3) is 0 Å². The fourth-order valence-corrected chi connectivity index (χ4v) is 8.53. The summed E-state index contributed by atoms with van der Waals surface area (Å²) in [6, 6.07) is 24.1. The summed E-state index contributed by atoms with van der Waals surface area (Å²) in [7, 11) is 3.55. The Morgan fingerprint density at radius 3 is 2.23 bits per heavy atom. The molecule has 254 valence electrons. The molecule has 3 aromatic carbocycles. The molecule has 0 saturated carbocycles. The van der Waals surface area contributed by atoms with Crippen LogP contribution < -0.4 is 9.47 Å². The average Bonchev–Trinajstić information content (AvgIpc) is 3.07. The molecular weight excluding hydrogens is 592 g/mol. The maximum atomic E-state index is 7.18. The summed E-state index contributed by atoms with van der Waals surface area (Å²) in [5.74, 6) is 2.95. The Morgan fingerprint density at radius 2 is 1.60 bits per heavy atom. The van der Waals surface area contributed by atoms with Gasteiger partial charge in [0.1, 0.15) is 30.2 Å². The van der Waals surface area contributed by atoms with Gasteiger partial charge in [0.05, 0.1) is 39.4 Å². The van der Waals surface area contributed by atoms with Crippen LogP contribution in [-0.2, 0) is 28.7 Å². The Bertz CT molecular complexity index is 1720. The lowest BCUT2D eigenvalue weighted by atomic mass is 9.70. The second-order valence-electron chi connectivity index (χ2n) is 16.3. The Kier molecular flexibility index (Phi) is 9.50. The fraction of sp³-hybridized carbons (Fsp3) is 0.465. The van der Waals surface area contributed by atoms with Crippen LogP contribution in [-0.4, -0.2) is 42.8 Å². The normalized spacial score (nSPS) is 23.2. The molecule has 4 aromatic rings. The van der Waals surface area contributed by atoms with Gasteiger partial charge in [0.2, 0.25) is 0 Å². The third-order valence-corrected chi connectivity index (χ3v) is 11.1. The number of fused-ring (bicyclic) bond motifs is 4. The van der Waals surface area contributed by atoms with Gasteiger partial charge in [0, 0.05) is 47.0 Å². The first-order valence-electron chi connectivity index (χ1n) is 17.7. The highest BCUT2D eigenvalue weighted by Crippen LogP contribution is 2.50. The first kappa shape index (κ1) is 34.2. The lowest BCUT2D eigenvalue weighted by Gasteiger charge is -2.58. The van der Waals surface area contributed by atoms with Gasteiger partial charge in [-0.1, -0.05) is 78.0 Å². The number of aromatic nitrogens is 1. The molecule has 5 atom stereocenters. The van der Waals surface area contributed by atoms with Crippen LogP contribution in [0.15, 0.2) is 85.6 Å². The van der Waals surface area contributed by atoms with Crippen LogP contribution in [0.2, 0.25) is 0 Å². The van der Waals surface area contributed by atoms with Gasteiger partial charge in [-0.15, -0.1) is 6.58 Å². The van der Waals surface area contributed by atoms with Crippen LogP contribution in [0.1, 0.15) is 88.3 Å². The molecule has 0 N–H and O–H groups in total. The first-order chi connectivity index (χ1) is 22.9. The Balaban J connectivity index is 1.51. The summed E-state index contributed by atoms with van der Waals surface area (Å²) in [5, 5.41) is 1.10. The van der Waals surface area contributed by atoms with E-state index in [1.54, 1.807) is 7.11 Å². The topological polar surface area (TPSA) is 40.6 Å². The van der Waals surface area contributed by atoms with Crippen LogP contribution in [0.4, 0.5) is 0 Å². The second kappa shape index (κ2) is 13.3. The molecule has 0 aliphatic carbocycles. The van der Waals surface area contributed by atoms with Crippen LogP contribution in [0.25, 0.3) is 10.9 Å². The van der Waals surface area contributed by atoms with Crippen molar-refractivity contribution >= 4 is 10.9 Å². The van der Waals surface area contributed by atoms with E-state index >= 15 is 0 Å². The maximum absolute atomic E-state index is 7.18. The maximum Gasteiger partial charge on any atom is 0.135 e. The lowest BCUT2D eigenvalue weighted by molar-refractivity contribution is -0.985. The van der Waals surface area contributed by atoms with Crippen molar-refractivity contribution in [3.05, 3.63) is 113 Å². The summed E-state index contributed by atoms with van der Waals surface area (Å²) in [4.78, 5) is 4.76. The summed E-state index contributed by atoms with van der Waals surface area (Å²) in [6.07, 6.45) is 6.36. The highest BCUT2D eigenvalue weighted by atomic mass is 16.5. The number of ether oxygens (including phenoxy) is 3. The molecule has 3 fully saturated rings. The predicted molar refractivity (Wildman–Crippen MR) is 197 cm³/mol. The molecule has 0 radical (unpaired) electrons. The van der Waals surface area contributed by atoms with E-state index < -0.39 is 0 Å². The number of pyridine rings is 1. The van der Waals surface area contributed by atoms with Crippen molar-refractivity contribution in [2.75, 3.05) is 27.3 Å². The van der Waals surface area contributed by atoms with Crippen molar-refractivity contribution in [1.29, 1.82) is 0 Å². The van der Waals surface area contributed by atoms with Gasteiger partial charge in [-0.25, -0.2) is 0 Å². The Morgan fingerprint density at radius 1 is 0.896 bits per heavy atom. The number of hydrogen-bond donors (Lipinski definition) is 0. The van der Waals surface area contributed by atoms with Crippen LogP contribution in [0, 0.1) is 11.8 Å². The number of rotatable bonds is 10. The van der Waals surface area contributed by atoms with Crippen LogP contribution in [0.5, 0.6) is 11.5 Å². The molecule has 4 heterocycles. The number of benzene rings is 3. The highest BCUT2D eigenvalue weighted by Gasteiger charge is 2.55. The molecule has 1 aromatic heterocycles. The third kappa shape index (κ3) is 6.64. The zero-order valence-corrected chi connectivity index (χ0v) is 30.4. The van der Waals surface area contributed by atoms with E-state index in [0.29, 0.717) is 18.4 Å². The number of methoxy groups -OCH3 is 2. The van der Waals surface area contributed by atoms with E-state index in [0.717, 1.165) is 52.9 Å². The monoisotopic (exact) mass is 647 g/mol. The number of nitrogens with zero attached hydrogens (tertiary/aromatic N) is 2. The molecule has 3 aliphatic rings. The molecule has 5 heteroatoms. The highest BCUT2D eigenvalue weighted by molar-refractivity contribution is 5.84. The van der Waals surface area contributed by atoms with Crippen LogP contribution in [0.3, 0.4) is 0 Å². The van der Waals surface area contributed by atoms with Gasteiger partial charge in [-0.05, 0) is 64.3 Å². The minimum absolute atomic E-state index is 0.0599. The number of hydrogen-bond acceptors (Lipinski definition) is 4. The molecule has 48 heavy (non-hydrogen) atoms. The minimum atomic E-state index is -0.126. The van der Waals surface area contributed by atoms with Crippen molar-refractivity contribution in [2.45, 2.75) is 90.5 Å². The van der Waals surface area contributed by atoms with E-state index in [1.165, 1.54) is 34.2 Å². The summed E-state index contributed by atoms with van der Waals surface area (Å²) >= 11 is 0. The van der Waals surface area contributed by atoms with Crippen molar-refractivity contribution in [3.63, 3.8) is 0 Å². The summed E-state index contributed by atoms with van der Waals surface area (Å²) < 4.78 is 20.0. The van der Waals surface area contributed by atoms with Crippen LogP contribution >= 0.6 is 0 Å². The second-order valence-corrected chi connectivity index (χ2v) is 16.3. The lowest BCUT2D eigenvalue weighted by Crippen LogP contribution is -2.67. The van der Waals surface area contributed by atoms with Gasteiger partial charge in [-0.2, -0.15) is 0 Å². The Labute approximate surface area is 288 Å². The zero-order valence-electron chi connectivity index (χ0n) is 30.4. The largest absolute Gasteiger partial charge is 0.497 e. The minimum Gasteiger partial charge on any atom is -0.497 e. The smallest absolute Gasteiger partial charge is 0.135 e. The number of piperidine rings is 3. The van der Waals surface area contributed by atoms with E-state index in [2.05, 4.69) is 115 Å². The van der Waals surface area contributed by atoms with Crippen molar-refractivity contribution < 1.29 is 18.7 Å². The Hall–Kier alpha value is -3.67. The van der Waals surface area contributed by atoms with Crippen molar-refractivity contribution in [2.24, 2.45) is 11.8 Å². The molecule has 2 unspecified atom stereocenters. The third-order valence-electron chi connectivity index (χ3n) is 11.1. The van der Waals surface area contributed by atoms with Crippen molar-refractivity contribution in [3.8, 4) is 11.5 Å². The van der Waals surface area contributed by atoms with E-state index in [1.807, 2.05) is 19.4 Å². The molecule has 7 rings (SSSR count). The summed E-state index contributed by atoms with van der Waals surface area (Å²) in [5.41, 5.74) is 7.16. The molecule has 0 spiro atoms. The van der Waals surface area contributed by atoms with Gasteiger partial charge < -0.3 is 18.7 Å². The molecule has 2 bridgehead atoms. The molecule has 0 amide bonds. The van der Waals surface area contributed by atoms with E-state index in [-0.39, 0.29) is 23.0 Å². The van der Waals surface area contributed by atoms with Gasteiger partial charge in [-0.3, -0.25) is 4.98 Å². The quantitative estimate of drug-likeness (QED) is 0.127. The predicted octanol–water partition coefficient (Wildman–Crippen LogP) is 9.72. The summed E-state index contributed by atoms with van der Waals surface area (Å²) in [6.45, 7) is 21.8. The van der Waals surface area contributed by atoms with E-state index in [9.17, 15) is 0 Å². The van der Waals surface area contributed by atoms with Crippen molar-refractivity contribution in [1.82, 2.24) is 4.98 Å². The van der Waals surface area contributed by atoms with Gasteiger partial charge >= 0.3 is 0 Å². The standard InChI is InChI=1S/C43H55N2O3/c1-10-31-27-45(26-30-22-36(42(2,3)4)41(47-9)37(23-30)43(5,6)7)21-19-32(31)24-39(45)40(48-28-29-14-12-11-13-15-29)34-18-20-44-38-17-16-33(46-8)25-35(34)38/h10-18,20,22-23,25,31-32,39-40H,1,19,21,24,26-28H2,2-9H3/q+1/t31-,32?,39+,40-,45?/m0/s1. The number of quaternary nitrogens is 1. The van der Waals surface area contributed by atoms with E-state index in [4.69, 9.17) is 19.2 Å². The SMILES string of the molecule is C=C[C@H]1C[N+]2(Cc3cc(C(C)(C)C)c(OC)c(C(C)(C)C)c3)CCC1C[C@@H]2[C@@H](OCc1ccccc1)c1ccnc2ccc(OC)cc12. The first-order valence-corrected chi connectivity index (χ1v) is 17.7. The molecule has 5 nitrogen and oxygen atoms in total. The molecule has 3 saturated heterocycles. The average molecular weight is 648 g/mol. The fourth-order valence-electron chi connectivity index (χ4n) is 8.53. The molecular formula is C43H55N2O3+. The molecule has 3 aliphatic heterocycles.